The van der Waals surface area contributed by atoms with Gasteiger partial charge in [0, 0.05) is 23.6 Å². The second-order valence-corrected chi connectivity index (χ2v) is 3.27. The molecule has 0 amide bonds. The van der Waals surface area contributed by atoms with Gasteiger partial charge in [-0.2, -0.15) is 0 Å². The van der Waals surface area contributed by atoms with Gasteiger partial charge in [-0.1, -0.05) is 13.8 Å². The van der Waals surface area contributed by atoms with Gasteiger partial charge in [-0.25, -0.2) is 0 Å². The molecule has 0 saturated carbocycles. The third-order valence-electron chi connectivity index (χ3n) is 1.50. The van der Waals surface area contributed by atoms with Gasteiger partial charge in [-0.15, -0.1) is 0 Å². The summed E-state index contributed by atoms with van der Waals surface area (Å²) in [6, 6.07) is 0. The molecule has 0 fully saturated rings. The van der Waals surface area contributed by atoms with Crippen LogP contribution in [0, 0.1) is 0 Å². The van der Waals surface area contributed by atoms with Crippen molar-refractivity contribution in [3.8, 4) is 0 Å². The number of aliphatic hydroxyl groups is 1. The normalized spacial score (nSPS) is 11.5. The van der Waals surface area contributed by atoms with E-state index in [1.807, 2.05) is 13.8 Å². The summed E-state index contributed by atoms with van der Waals surface area (Å²) < 4.78 is 0. The minimum absolute atomic E-state index is 0. The second-order valence-electron chi connectivity index (χ2n) is 3.27. The van der Waals surface area contributed by atoms with Gasteiger partial charge in [0.05, 0.1) is 5.60 Å². The van der Waals surface area contributed by atoms with Gasteiger partial charge >= 0.3 is 0 Å². The average molecular weight is 201 g/mol. The van der Waals surface area contributed by atoms with Gasteiger partial charge in [-0.3, -0.25) is 0 Å². The number of rotatable bonds is 4. The third kappa shape index (κ3) is 8.34. The Morgan fingerprint density at radius 1 is 1.18 bits per heavy atom. The molecule has 0 aromatic heterocycles. The van der Waals surface area contributed by atoms with Crippen LogP contribution in [0.15, 0.2) is 0 Å². The molecule has 3 heteroatoms. The van der Waals surface area contributed by atoms with Crippen LogP contribution in [-0.4, -0.2) is 35.2 Å². The predicted octanol–water partition coefficient (Wildman–Crippen LogP) is 1.10. The molecular weight excluding hydrogens is 182 g/mol. The zero-order valence-electron chi connectivity index (χ0n) is 7.87. The molecule has 1 N–H and O–H groups in total. The van der Waals surface area contributed by atoms with Crippen LogP contribution >= 0.6 is 0 Å². The smallest absolute Gasteiger partial charge is 0.0718 e. The number of hydrogen-bond donors (Lipinski definition) is 1. The quantitative estimate of drug-likeness (QED) is 0.688. The molecule has 0 aromatic rings. The molecule has 0 radical (unpaired) electrons. The van der Waals surface area contributed by atoms with Gasteiger partial charge in [0.2, 0.25) is 0 Å². The van der Waals surface area contributed by atoms with E-state index >= 15 is 0 Å². The SMILES string of the molecule is CCN(CC)CC(C)(C)O.[Fe]. The fourth-order valence-electron chi connectivity index (χ4n) is 0.994. The Morgan fingerprint density at radius 2 is 1.55 bits per heavy atom. The summed E-state index contributed by atoms with van der Waals surface area (Å²) in [4.78, 5) is 2.21. The molecule has 0 atom stereocenters. The first kappa shape index (κ1) is 14.0. The monoisotopic (exact) mass is 201 g/mol. The second kappa shape index (κ2) is 6.01. The molecule has 0 heterocycles. The molecule has 70 valence electrons. The number of hydrogen-bond acceptors (Lipinski definition) is 2. The zero-order chi connectivity index (χ0) is 8.20. The van der Waals surface area contributed by atoms with E-state index in [0.717, 1.165) is 19.6 Å². The Labute approximate surface area is 80.4 Å². The first-order valence-electron chi connectivity index (χ1n) is 3.94. The minimum Gasteiger partial charge on any atom is -0.389 e. The van der Waals surface area contributed by atoms with Crippen LogP contribution in [0.2, 0.25) is 0 Å². The molecule has 2 nitrogen and oxygen atoms in total. The van der Waals surface area contributed by atoms with Gasteiger partial charge < -0.3 is 10.0 Å². The summed E-state index contributed by atoms with van der Waals surface area (Å²) in [7, 11) is 0. The van der Waals surface area contributed by atoms with Crippen LogP contribution < -0.4 is 0 Å². The van der Waals surface area contributed by atoms with E-state index < -0.39 is 5.60 Å². The Hall–Kier alpha value is 0.439. The van der Waals surface area contributed by atoms with E-state index in [4.69, 9.17) is 0 Å². The first-order chi connectivity index (χ1) is 4.49. The molecule has 0 aromatic carbocycles. The van der Waals surface area contributed by atoms with Crippen LogP contribution in [0.4, 0.5) is 0 Å². The maximum atomic E-state index is 9.41. The molecule has 11 heavy (non-hydrogen) atoms. The Kier molecular flexibility index (Phi) is 7.65. The average Bonchev–Trinajstić information content (AvgIpc) is 1.81. The van der Waals surface area contributed by atoms with Crippen LogP contribution in [0.25, 0.3) is 0 Å². The number of likely N-dealkylation sites (N-methyl/N-ethyl adjacent to an activating group) is 1. The van der Waals surface area contributed by atoms with Crippen molar-refractivity contribution >= 4 is 0 Å². The van der Waals surface area contributed by atoms with E-state index in [9.17, 15) is 5.11 Å². The van der Waals surface area contributed by atoms with Gasteiger partial charge in [-0.05, 0) is 26.9 Å². The predicted molar refractivity (Wildman–Crippen MR) is 44.1 cm³/mol. The van der Waals surface area contributed by atoms with E-state index in [1.54, 1.807) is 0 Å². The molecular formula is C8H19FeNO. The van der Waals surface area contributed by atoms with Gasteiger partial charge in [0.1, 0.15) is 0 Å². The van der Waals surface area contributed by atoms with E-state index in [0.29, 0.717) is 0 Å². The molecule has 0 saturated heterocycles. The molecule has 0 bridgehead atoms. The summed E-state index contributed by atoms with van der Waals surface area (Å²) in [5.74, 6) is 0. The maximum absolute atomic E-state index is 9.41. The van der Waals surface area contributed by atoms with E-state index in [2.05, 4.69) is 18.7 Å². The largest absolute Gasteiger partial charge is 0.389 e. The van der Waals surface area contributed by atoms with Crippen molar-refractivity contribution in [3.05, 3.63) is 0 Å². The van der Waals surface area contributed by atoms with Crippen molar-refractivity contribution < 1.29 is 22.2 Å². The zero-order valence-corrected chi connectivity index (χ0v) is 8.97. The van der Waals surface area contributed by atoms with Crippen LogP contribution in [0.5, 0.6) is 0 Å². The summed E-state index contributed by atoms with van der Waals surface area (Å²) in [5.41, 5.74) is -0.550. The Morgan fingerprint density at radius 3 is 1.64 bits per heavy atom. The van der Waals surface area contributed by atoms with Crippen molar-refractivity contribution in [1.82, 2.24) is 4.90 Å². The molecule has 0 unspecified atom stereocenters. The van der Waals surface area contributed by atoms with Crippen molar-refractivity contribution in [3.63, 3.8) is 0 Å². The minimum atomic E-state index is -0.550. The number of nitrogens with zero attached hydrogens (tertiary/aromatic N) is 1. The Balaban J connectivity index is 0. The van der Waals surface area contributed by atoms with Crippen LogP contribution in [0.1, 0.15) is 27.7 Å². The van der Waals surface area contributed by atoms with Gasteiger partial charge in [0.15, 0.2) is 0 Å². The van der Waals surface area contributed by atoms with Crippen molar-refractivity contribution in [2.24, 2.45) is 0 Å². The molecule has 0 aliphatic carbocycles. The summed E-state index contributed by atoms with van der Waals surface area (Å²) in [6.07, 6.45) is 0. The fourth-order valence-corrected chi connectivity index (χ4v) is 0.994. The first-order valence-corrected chi connectivity index (χ1v) is 3.94. The van der Waals surface area contributed by atoms with Crippen LogP contribution in [-0.2, 0) is 17.1 Å². The molecule has 0 aliphatic rings. The van der Waals surface area contributed by atoms with E-state index in [1.165, 1.54) is 0 Å². The fraction of sp³-hybridized carbons (Fsp3) is 1.00. The summed E-state index contributed by atoms with van der Waals surface area (Å²) in [5, 5.41) is 9.41. The Bertz CT molecular complexity index is 86.6. The van der Waals surface area contributed by atoms with E-state index in [-0.39, 0.29) is 17.1 Å². The summed E-state index contributed by atoms with van der Waals surface area (Å²) in [6.45, 7) is 10.7. The maximum Gasteiger partial charge on any atom is 0.0718 e. The van der Waals surface area contributed by atoms with Gasteiger partial charge in [0.25, 0.3) is 0 Å². The molecule has 0 rings (SSSR count). The summed E-state index contributed by atoms with van der Waals surface area (Å²) >= 11 is 0. The van der Waals surface area contributed by atoms with Crippen molar-refractivity contribution in [2.45, 2.75) is 33.3 Å². The van der Waals surface area contributed by atoms with Crippen molar-refractivity contribution in [1.29, 1.82) is 0 Å². The standard InChI is InChI=1S/C8H19NO.Fe/c1-5-9(6-2)7-8(3,4)10;/h10H,5-7H2,1-4H3;. The topological polar surface area (TPSA) is 23.5 Å². The van der Waals surface area contributed by atoms with Crippen molar-refractivity contribution in [2.75, 3.05) is 19.6 Å². The molecule has 0 spiro atoms. The van der Waals surface area contributed by atoms with Crippen LogP contribution in [0.3, 0.4) is 0 Å². The third-order valence-corrected chi connectivity index (χ3v) is 1.50. The molecule has 0 aliphatic heterocycles.